The van der Waals surface area contributed by atoms with E-state index in [0.29, 0.717) is 112 Å². The van der Waals surface area contributed by atoms with E-state index < -0.39 is 29.3 Å². The number of piperazine rings is 2. The minimum absolute atomic E-state index is 0.00464. The van der Waals surface area contributed by atoms with Crippen LogP contribution in [0.5, 0.6) is 0 Å². The Morgan fingerprint density at radius 1 is 0.693 bits per heavy atom. The van der Waals surface area contributed by atoms with Gasteiger partial charge in [0.25, 0.3) is 23.3 Å². The van der Waals surface area contributed by atoms with Crippen LogP contribution in [0.2, 0.25) is 0 Å². The van der Waals surface area contributed by atoms with Gasteiger partial charge in [0.2, 0.25) is 11.8 Å². The van der Waals surface area contributed by atoms with E-state index >= 15 is 4.39 Å². The maximum absolute atomic E-state index is 15.1. The minimum atomic E-state index is -1.69. The highest BCUT2D eigenvalue weighted by molar-refractivity contribution is 5.98. The summed E-state index contributed by atoms with van der Waals surface area (Å²) in [6, 6.07) is 18.6. The minimum Gasteiger partial charge on any atom is -0.340 e. The Hall–Kier alpha value is -6.40. The monoisotopic (exact) mass is 1220 g/mol. The maximum Gasteiger partial charge on any atom is 0.272 e. The summed E-state index contributed by atoms with van der Waals surface area (Å²) in [5.41, 5.74) is 0.763. The first-order valence-corrected chi connectivity index (χ1v) is 33.4. The van der Waals surface area contributed by atoms with Gasteiger partial charge in [0.1, 0.15) is 18.1 Å². The van der Waals surface area contributed by atoms with E-state index in [2.05, 4.69) is 66.9 Å². The Kier molecular flexibility index (Phi) is 29.2. The van der Waals surface area contributed by atoms with Gasteiger partial charge in [0.15, 0.2) is 5.67 Å². The molecular weight excluding hydrogens is 1120 g/mol. The molecule has 10 rings (SSSR count). The number of aromatic nitrogens is 2. The molecule has 484 valence electrons. The molecule has 2 unspecified atom stereocenters. The van der Waals surface area contributed by atoms with Crippen LogP contribution in [-0.4, -0.2) is 179 Å². The van der Waals surface area contributed by atoms with Crippen LogP contribution < -0.4 is 10.9 Å². The Bertz CT molecular complexity index is 2900. The molecular formula is C70H103F2N9O7. The van der Waals surface area contributed by atoms with Crippen LogP contribution in [0.3, 0.4) is 0 Å². The van der Waals surface area contributed by atoms with Gasteiger partial charge in [-0.1, -0.05) is 136 Å². The van der Waals surface area contributed by atoms with Crippen LogP contribution in [0.4, 0.5) is 8.78 Å². The molecule has 4 aliphatic heterocycles. The number of alkyl halides is 1. The molecule has 16 nitrogen and oxygen atoms in total. The average molecular weight is 1220 g/mol. The summed E-state index contributed by atoms with van der Waals surface area (Å²) in [6.45, 7) is 22.5. The number of carbonyl (C=O) groups excluding carboxylic acids is 6. The standard InChI is InChI=1S/C56H69F2N9O6.C5H12.C4H10.C3H8.C2H4O/c57-47-16-15-39(33-48-44-13-4-5-14-45(44)52(70)61-60-48)32-46(47)53(71)65-30-28-64(29-31-65)49(68)37-62-22-17-38(18-23-62)35-63-24-26-66(27-25-63)54(72)50(40-8-2-1-3-9-40)59-51(69)42-11-6-10-41(34-42)43-12-7-21-67(36-43)55(73)56(58)19-20-56;1-3-5-4-2;1-3-4-2;1-3-2;1-2-3/h4-6,10-11,13-16,32,34,38,40,43,50H,1-3,7-9,12,17-31,33,35-37H2,(H,59,69)(H,61,70);3-5H2,1-2H3;3-4H2,1-2H3;3H2,1-2H3;2H,1H3. The smallest absolute Gasteiger partial charge is 0.272 e. The van der Waals surface area contributed by atoms with E-state index in [4.69, 9.17) is 4.79 Å². The van der Waals surface area contributed by atoms with E-state index in [1.807, 2.05) is 35.2 Å². The molecule has 2 atom stereocenters. The summed E-state index contributed by atoms with van der Waals surface area (Å²) in [6.07, 6.45) is 18.2. The summed E-state index contributed by atoms with van der Waals surface area (Å²) in [4.78, 5) is 101. The second kappa shape index (κ2) is 36.3. The van der Waals surface area contributed by atoms with Gasteiger partial charge < -0.3 is 29.7 Å². The number of rotatable bonds is 16. The third-order valence-corrected chi connectivity index (χ3v) is 17.9. The first-order valence-electron chi connectivity index (χ1n) is 33.4. The van der Waals surface area contributed by atoms with Crippen LogP contribution in [0, 0.1) is 17.7 Å². The topological polar surface area (TPSA) is 180 Å². The van der Waals surface area contributed by atoms with Gasteiger partial charge in [-0.15, -0.1) is 0 Å². The number of benzene rings is 3. The number of aromatic amines is 1. The highest BCUT2D eigenvalue weighted by atomic mass is 19.1. The molecule has 18 heteroatoms. The molecule has 2 aliphatic carbocycles. The van der Waals surface area contributed by atoms with Crippen LogP contribution in [0.1, 0.15) is 201 Å². The molecule has 0 bridgehead atoms. The van der Waals surface area contributed by atoms with Gasteiger partial charge in [-0.3, -0.25) is 38.6 Å². The Morgan fingerprint density at radius 3 is 1.93 bits per heavy atom. The molecule has 3 aromatic carbocycles. The van der Waals surface area contributed by atoms with Crippen molar-refractivity contribution in [2.75, 3.05) is 91.6 Å². The van der Waals surface area contributed by atoms with Crippen molar-refractivity contribution in [3.05, 3.63) is 111 Å². The van der Waals surface area contributed by atoms with Crippen molar-refractivity contribution in [2.24, 2.45) is 11.8 Å². The summed E-state index contributed by atoms with van der Waals surface area (Å²) in [7, 11) is 0. The number of nitrogens with one attached hydrogen (secondary N) is 2. The van der Waals surface area contributed by atoms with Gasteiger partial charge in [-0.2, -0.15) is 5.10 Å². The summed E-state index contributed by atoms with van der Waals surface area (Å²) < 4.78 is 29.8. The summed E-state index contributed by atoms with van der Waals surface area (Å²) in [5, 5.41) is 11.2. The zero-order valence-electron chi connectivity index (χ0n) is 54.1. The third-order valence-electron chi connectivity index (χ3n) is 17.9. The van der Waals surface area contributed by atoms with Crippen molar-refractivity contribution >= 4 is 46.6 Å². The lowest BCUT2D eigenvalue weighted by molar-refractivity contribution is -0.139. The predicted molar refractivity (Wildman–Crippen MR) is 346 cm³/mol. The predicted octanol–water partition coefficient (Wildman–Crippen LogP) is 11.0. The van der Waals surface area contributed by atoms with Gasteiger partial charge in [0.05, 0.1) is 23.2 Å². The van der Waals surface area contributed by atoms with Crippen LogP contribution in [0.15, 0.2) is 71.5 Å². The number of likely N-dealkylation sites (tertiary alicyclic amines) is 2. The Labute approximate surface area is 522 Å². The van der Waals surface area contributed by atoms with E-state index in [9.17, 15) is 33.2 Å². The lowest BCUT2D eigenvalue weighted by Crippen LogP contribution is -2.57. The number of piperidine rings is 2. The quantitative estimate of drug-likeness (QED) is 0.103. The maximum atomic E-state index is 15.1. The summed E-state index contributed by atoms with van der Waals surface area (Å²) in [5.74, 6) is -1.08. The van der Waals surface area contributed by atoms with Crippen LogP contribution in [-0.2, 0) is 25.6 Å². The number of hydrogen-bond acceptors (Lipinski definition) is 10. The number of halogens is 2. The van der Waals surface area contributed by atoms with E-state index in [0.717, 1.165) is 102 Å². The van der Waals surface area contributed by atoms with Crippen LogP contribution in [0.25, 0.3) is 10.8 Å². The van der Waals surface area contributed by atoms with E-state index in [1.165, 1.54) is 51.5 Å². The molecule has 6 fully saturated rings. The number of nitrogens with zero attached hydrogens (tertiary/aromatic N) is 7. The number of hydrogen-bond donors (Lipinski definition) is 2. The van der Waals surface area contributed by atoms with Crippen molar-refractivity contribution in [2.45, 2.75) is 182 Å². The molecule has 2 N–H and O–H groups in total. The molecule has 0 spiro atoms. The summed E-state index contributed by atoms with van der Waals surface area (Å²) >= 11 is 0. The van der Waals surface area contributed by atoms with Crippen molar-refractivity contribution in [1.29, 1.82) is 0 Å². The molecule has 6 aliphatic rings. The number of aldehydes is 1. The number of amides is 5. The van der Waals surface area contributed by atoms with Gasteiger partial charge >= 0.3 is 0 Å². The highest BCUT2D eigenvalue weighted by Crippen LogP contribution is 2.43. The Balaban J connectivity index is 0.000000744. The van der Waals surface area contributed by atoms with Gasteiger partial charge in [-0.25, -0.2) is 13.9 Å². The second-order valence-electron chi connectivity index (χ2n) is 24.9. The fourth-order valence-electron chi connectivity index (χ4n) is 12.4. The first kappa shape index (κ1) is 70.7. The number of H-pyrrole nitrogens is 1. The lowest BCUT2D eigenvalue weighted by atomic mass is 9.83. The SMILES string of the molecule is CC=O.CCC.CCCC.CCCCC.O=C(NC(C(=O)N1CCN(CC2CCN(CC(=O)N3CCN(C(=O)c4cc(Cc5n[nH]c(=O)c6ccccc56)ccc4F)CC3)CC2)CC1)C1CCCCC1)c1cccc(C2CCCN(C(=O)C3(F)CC3)C2)c1. The molecule has 5 amide bonds. The van der Waals surface area contributed by atoms with Gasteiger partial charge in [-0.05, 0) is 125 Å². The Morgan fingerprint density at radius 2 is 1.32 bits per heavy atom. The molecule has 4 aromatic rings. The largest absolute Gasteiger partial charge is 0.340 e. The average Bonchev–Trinajstić information content (AvgIpc) is 2.61. The fourth-order valence-corrected chi connectivity index (χ4v) is 12.4. The molecule has 1 aromatic heterocycles. The molecule has 5 heterocycles. The van der Waals surface area contributed by atoms with E-state index in [-0.39, 0.29) is 40.7 Å². The van der Waals surface area contributed by atoms with E-state index in [1.54, 1.807) is 45.0 Å². The fraction of sp³-hybridized carbons (Fsp3) is 0.629. The molecule has 4 saturated heterocycles. The van der Waals surface area contributed by atoms with Crippen molar-refractivity contribution < 1.29 is 37.5 Å². The number of fused-ring (bicyclic) bond motifs is 1. The third kappa shape index (κ3) is 20.6. The number of unbranched alkanes of at least 4 members (excludes halogenated alkanes) is 3. The van der Waals surface area contributed by atoms with Crippen LogP contribution >= 0.6 is 0 Å². The highest BCUT2D eigenvalue weighted by Gasteiger charge is 2.53. The van der Waals surface area contributed by atoms with Gasteiger partial charge in [0, 0.05) is 95.3 Å². The van der Waals surface area contributed by atoms with Crippen molar-refractivity contribution in [3.63, 3.8) is 0 Å². The zero-order chi connectivity index (χ0) is 63.6. The zero-order valence-corrected chi connectivity index (χ0v) is 54.1. The molecule has 88 heavy (non-hydrogen) atoms. The molecule has 0 radical (unpaired) electrons. The first-order chi connectivity index (χ1) is 42.5. The second-order valence-corrected chi connectivity index (χ2v) is 24.9. The van der Waals surface area contributed by atoms with Crippen molar-refractivity contribution in [3.8, 4) is 0 Å². The normalized spacial score (nSPS) is 19.2. The molecule has 2 saturated carbocycles. The van der Waals surface area contributed by atoms with Crippen molar-refractivity contribution in [1.82, 2.24) is 44.9 Å². The number of carbonyl (C=O) groups is 6. The lowest BCUT2D eigenvalue weighted by Gasteiger charge is -2.41.